The summed E-state index contributed by atoms with van der Waals surface area (Å²) in [6.45, 7) is 4.18. The predicted molar refractivity (Wildman–Crippen MR) is 109 cm³/mol. The molecule has 0 fully saturated rings. The fourth-order valence-corrected chi connectivity index (χ4v) is 4.35. The van der Waals surface area contributed by atoms with E-state index in [1.165, 1.54) is 17.4 Å². The standard InChI is InChI=1S/C20H24ClN3O2S/c1-14(25)22-9-6-20(26)23-12-18(15-2-4-17(21)5-3-15)24-10-7-19-16(13-24)8-11-27-19/h2-5,8,11,18H,6-7,9-10,12-13H2,1H3,(H,22,25)(H,23,26). The number of carbonyl (C=O) groups excluding carboxylic acids is 2. The zero-order valence-electron chi connectivity index (χ0n) is 15.3. The second-order valence-electron chi connectivity index (χ2n) is 6.69. The molecule has 1 aliphatic heterocycles. The lowest BCUT2D eigenvalue weighted by atomic mass is 10.0. The Kier molecular flexibility index (Phi) is 6.88. The van der Waals surface area contributed by atoms with Crippen molar-refractivity contribution in [1.82, 2.24) is 15.5 Å². The van der Waals surface area contributed by atoms with E-state index in [2.05, 4.69) is 27.0 Å². The van der Waals surface area contributed by atoms with Crippen molar-refractivity contribution < 1.29 is 9.59 Å². The van der Waals surface area contributed by atoms with Crippen LogP contribution in [0.4, 0.5) is 0 Å². The van der Waals surface area contributed by atoms with Gasteiger partial charge in [-0.1, -0.05) is 23.7 Å². The second kappa shape index (κ2) is 9.35. The zero-order valence-corrected chi connectivity index (χ0v) is 16.9. The maximum absolute atomic E-state index is 12.2. The van der Waals surface area contributed by atoms with Crippen LogP contribution in [-0.2, 0) is 22.6 Å². The fourth-order valence-electron chi connectivity index (χ4n) is 3.33. The molecule has 2 N–H and O–H groups in total. The van der Waals surface area contributed by atoms with E-state index in [-0.39, 0.29) is 24.3 Å². The zero-order chi connectivity index (χ0) is 19.2. The van der Waals surface area contributed by atoms with Gasteiger partial charge in [-0.25, -0.2) is 0 Å². The average molecular weight is 406 g/mol. The number of benzene rings is 1. The van der Waals surface area contributed by atoms with E-state index in [1.54, 1.807) is 0 Å². The summed E-state index contributed by atoms with van der Waals surface area (Å²) in [4.78, 5) is 27.0. The van der Waals surface area contributed by atoms with Crippen LogP contribution in [-0.4, -0.2) is 36.3 Å². The predicted octanol–water partition coefficient (Wildman–Crippen LogP) is 3.14. The van der Waals surface area contributed by atoms with Crippen molar-refractivity contribution in [3.63, 3.8) is 0 Å². The number of rotatable bonds is 7. The maximum Gasteiger partial charge on any atom is 0.221 e. The molecule has 2 heterocycles. The lowest BCUT2D eigenvalue weighted by Crippen LogP contribution is -2.41. The van der Waals surface area contributed by atoms with Crippen molar-refractivity contribution in [2.75, 3.05) is 19.6 Å². The average Bonchev–Trinajstić information content (AvgIpc) is 3.11. The molecular formula is C20H24ClN3O2S. The van der Waals surface area contributed by atoms with Gasteiger partial charge in [-0.15, -0.1) is 11.3 Å². The van der Waals surface area contributed by atoms with Crippen molar-refractivity contribution in [2.24, 2.45) is 0 Å². The Morgan fingerprint density at radius 2 is 2.00 bits per heavy atom. The van der Waals surface area contributed by atoms with Crippen LogP contribution in [0, 0.1) is 0 Å². The molecule has 0 saturated carbocycles. The van der Waals surface area contributed by atoms with Crippen molar-refractivity contribution in [1.29, 1.82) is 0 Å². The molecule has 1 unspecified atom stereocenters. The normalized spacial score (nSPS) is 15.0. The number of carbonyl (C=O) groups is 2. The Morgan fingerprint density at radius 3 is 2.74 bits per heavy atom. The molecule has 0 aliphatic carbocycles. The molecular weight excluding hydrogens is 382 g/mol. The second-order valence-corrected chi connectivity index (χ2v) is 8.13. The number of amides is 2. The van der Waals surface area contributed by atoms with Crippen LogP contribution in [0.3, 0.4) is 0 Å². The number of nitrogens with one attached hydrogen (secondary N) is 2. The molecule has 2 amide bonds. The molecule has 0 spiro atoms. The Hall–Kier alpha value is -1.89. The monoisotopic (exact) mass is 405 g/mol. The van der Waals surface area contributed by atoms with Crippen LogP contribution in [0.5, 0.6) is 0 Å². The van der Waals surface area contributed by atoms with Crippen molar-refractivity contribution in [3.05, 3.63) is 56.7 Å². The van der Waals surface area contributed by atoms with E-state index in [1.807, 2.05) is 35.6 Å². The third-order valence-corrected chi connectivity index (χ3v) is 6.03. The van der Waals surface area contributed by atoms with E-state index in [4.69, 9.17) is 11.6 Å². The number of hydrogen-bond donors (Lipinski definition) is 2. The Bertz CT molecular complexity index is 791. The lowest BCUT2D eigenvalue weighted by Gasteiger charge is -2.35. The minimum atomic E-state index is -0.123. The van der Waals surface area contributed by atoms with Crippen LogP contribution in [0.2, 0.25) is 5.02 Å². The van der Waals surface area contributed by atoms with Crippen LogP contribution in [0.15, 0.2) is 35.7 Å². The molecule has 3 rings (SSSR count). The third-order valence-electron chi connectivity index (χ3n) is 4.75. The van der Waals surface area contributed by atoms with Crippen molar-refractivity contribution in [3.8, 4) is 0 Å². The molecule has 0 saturated heterocycles. The van der Waals surface area contributed by atoms with Gasteiger partial charge in [0.15, 0.2) is 0 Å². The molecule has 27 heavy (non-hydrogen) atoms. The molecule has 0 radical (unpaired) electrons. The minimum Gasteiger partial charge on any atom is -0.356 e. The van der Waals surface area contributed by atoms with Crippen LogP contribution >= 0.6 is 22.9 Å². The van der Waals surface area contributed by atoms with Gasteiger partial charge in [-0.05, 0) is 41.1 Å². The summed E-state index contributed by atoms with van der Waals surface area (Å²) in [6, 6.07) is 10.1. The van der Waals surface area contributed by atoms with Gasteiger partial charge in [0.1, 0.15) is 0 Å². The molecule has 7 heteroatoms. The van der Waals surface area contributed by atoms with Gasteiger partial charge in [-0.3, -0.25) is 14.5 Å². The van der Waals surface area contributed by atoms with Crippen molar-refractivity contribution in [2.45, 2.75) is 32.4 Å². The van der Waals surface area contributed by atoms with E-state index >= 15 is 0 Å². The largest absolute Gasteiger partial charge is 0.356 e. The number of hydrogen-bond acceptors (Lipinski definition) is 4. The highest BCUT2D eigenvalue weighted by atomic mass is 35.5. The first-order valence-corrected chi connectivity index (χ1v) is 10.3. The quantitative estimate of drug-likeness (QED) is 0.743. The van der Waals surface area contributed by atoms with Crippen LogP contribution in [0.25, 0.3) is 0 Å². The molecule has 1 aromatic carbocycles. The first-order valence-electron chi connectivity index (χ1n) is 9.09. The third kappa shape index (κ3) is 5.54. The van der Waals surface area contributed by atoms with Gasteiger partial charge in [0.25, 0.3) is 0 Å². The van der Waals surface area contributed by atoms with E-state index in [0.29, 0.717) is 18.1 Å². The Balaban J connectivity index is 1.66. The summed E-state index contributed by atoms with van der Waals surface area (Å²) >= 11 is 7.87. The first-order chi connectivity index (χ1) is 13.0. The van der Waals surface area contributed by atoms with Gasteiger partial charge in [0, 0.05) is 49.4 Å². The summed E-state index contributed by atoms with van der Waals surface area (Å²) in [7, 11) is 0. The van der Waals surface area contributed by atoms with Gasteiger partial charge in [0.2, 0.25) is 11.8 Å². The van der Waals surface area contributed by atoms with E-state index < -0.39 is 0 Å². The molecule has 1 atom stereocenters. The first kappa shape index (κ1) is 19.9. The summed E-state index contributed by atoms with van der Waals surface area (Å²) in [6.07, 6.45) is 1.31. The SMILES string of the molecule is CC(=O)NCCC(=O)NCC(c1ccc(Cl)cc1)N1CCc2sccc2C1. The maximum atomic E-state index is 12.2. The summed E-state index contributed by atoms with van der Waals surface area (Å²) in [5.74, 6) is -0.183. The Morgan fingerprint density at radius 1 is 1.22 bits per heavy atom. The van der Waals surface area contributed by atoms with E-state index in [0.717, 1.165) is 25.1 Å². The number of thiophene rings is 1. The highest BCUT2D eigenvalue weighted by Gasteiger charge is 2.25. The van der Waals surface area contributed by atoms with Gasteiger partial charge in [0.05, 0.1) is 6.04 Å². The molecule has 1 aliphatic rings. The molecule has 144 valence electrons. The highest BCUT2D eigenvalue weighted by molar-refractivity contribution is 7.10. The molecule has 0 bridgehead atoms. The molecule has 2 aromatic rings. The smallest absolute Gasteiger partial charge is 0.221 e. The topological polar surface area (TPSA) is 61.4 Å². The summed E-state index contributed by atoms with van der Waals surface area (Å²) in [5, 5.41) is 8.52. The van der Waals surface area contributed by atoms with Gasteiger partial charge in [-0.2, -0.15) is 0 Å². The summed E-state index contributed by atoms with van der Waals surface area (Å²) < 4.78 is 0. The molecule has 1 aromatic heterocycles. The summed E-state index contributed by atoms with van der Waals surface area (Å²) in [5.41, 5.74) is 2.52. The lowest BCUT2D eigenvalue weighted by molar-refractivity contribution is -0.121. The number of nitrogens with zero attached hydrogens (tertiary/aromatic N) is 1. The highest BCUT2D eigenvalue weighted by Crippen LogP contribution is 2.30. The van der Waals surface area contributed by atoms with Crippen LogP contribution in [0.1, 0.15) is 35.4 Å². The molecule has 5 nitrogen and oxygen atoms in total. The van der Waals surface area contributed by atoms with Gasteiger partial charge >= 0.3 is 0 Å². The number of halogens is 1. The fraction of sp³-hybridized carbons (Fsp3) is 0.400. The van der Waals surface area contributed by atoms with Crippen LogP contribution < -0.4 is 10.6 Å². The van der Waals surface area contributed by atoms with Crippen molar-refractivity contribution >= 4 is 34.8 Å². The minimum absolute atomic E-state index is 0.0593. The van der Waals surface area contributed by atoms with E-state index in [9.17, 15) is 9.59 Å². The van der Waals surface area contributed by atoms with Gasteiger partial charge < -0.3 is 10.6 Å². The number of fused-ring (bicyclic) bond motifs is 1. The Labute approximate surface area is 168 Å².